The largest absolute Gasteiger partial charge is 0.473 e. The number of morpholine rings is 1. The average molecular weight is 397 g/mol. The van der Waals surface area contributed by atoms with Crippen LogP contribution in [0.2, 0.25) is 0 Å². The molecule has 0 aromatic carbocycles. The maximum Gasteiger partial charge on any atom is 0.256 e. The Morgan fingerprint density at radius 3 is 2.36 bits per heavy atom. The molecule has 0 bridgehead atoms. The smallest absolute Gasteiger partial charge is 0.256 e. The molecule has 8 nitrogen and oxygen atoms in total. The molecule has 1 aliphatic heterocycles. The van der Waals surface area contributed by atoms with E-state index >= 15 is 0 Å². The van der Waals surface area contributed by atoms with Crippen molar-refractivity contribution in [2.75, 3.05) is 52.4 Å². The summed E-state index contributed by atoms with van der Waals surface area (Å²) in [5.74, 6) is 0.508. The predicted octanol–water partition coefficient (Wildman–Crippen LogP) is 2.10. The Morgan fingerprint density at radius 2 is 1.68 bits per heavy atom. The third-order valence-corrected chi connectivity index (χ3v) is 5.63. The molecule has 3 rings (SSSR count). The minimum absolute atomic E-state index is 0.325. The fraction of sp³-hybridized carbons (Fsp3) is 0.850. The summed E-state index contributed by atoms with van der Waals surface area (Å²) in [5, 5.41) is 4.58. The number of methoxy groups -OCH3 is 1. The number of nitrogens with two attached hydrogens (primary N) is 1. The molecule has 0 spiro atoms. The Kier molecular flexibility index (Phi) is 7.96. The summed E-state index contributed by atoms with van der Waals surface area (Å²) in [7, 11) is 1.66. The number of nitrogen functional groups attached to an aromatic ring is 1. The van der Waals surface area contributed by atoms with Gasteiger partial charge in [0.25, 0.3) is 5.88 Å². The molecule has 2 atom stereocenters. The molecule has 1 saturated heterocycles. The first-order valence-electron chi connectivity index (χ1n) is 10.5. The first kappa shape index (κ1) is 21.4. The van der Waals surface area contributed by atoms with Gasteiger partial charge in [0.1, 0.15) is 12.3 Å². The second-order valence-electron chi connectivity index (χ2n) is 8.00. The molecule has 8 heteroatoms. The van der Waals surface area contributed by atoms with Crippen LogP contribution in [0, 0.1) is 0 Å². The van der Waals surface area contributed by atoms with Crippen molar-refractivity contribution in [2.45, 2.75) is 63.8 Å². The average Bonchev–Trinajstić information content (AvgIpc) is 3.04. The van der Waals surface area contributed by atoms with Crippen molar-refractivity contribution in [1.82, 2.24) is 14.7 Å². The first-order valence-corrected chi connectivity index (χ1v) is 10.5. The lowest BCUT2D eigenvalue weighted by Crippen LogP contribution is -2.51. The van der Waals surface area contributed by atoms with Gasteiger partial charge in [-0.2, -0.15) is 0 Å². The van der Waals surface area contributed by atoms with Crippen molar-refractivity contribution >= 4 is 5.69 Å². The number of aromatic nitrogens is 2. The lowest BCUT2D eigenvalue weighted by atomic mass is 9.89. The SMILES string of the molecule is COCCOCCOc1nn(C2CCC(N3C[C@@H](C)O[C@@H](C)C3)CC2)cc1N. The molecule has 1 aromatic rings. The maximum absolute atomic E-state index is 6.09. The number of ether oxygens (including phenoxy) is 4. The summed E-state index contributed by atoms with van der Waals surface area (Å²) < 4.78 is 23.9. The van der Waals surface area contributed by atoms with E-state index in [1.807, 2.05) is 10.9 Å². The fourth-order valence-electron chi connectivity index (χ4n) is 4.33. The van der Waals surface area contributed by atoms with Gasteiger partial charge in [-0.3, -0.25) is 9.58 Å². The van der Waals surface area contributed by atoms with Crippen LogP contribution in [0.15, 0.2) is 6.20 Å². The highest BCUT2D eigenvalue weighted by molar-refractivity contribution is 5.46. The highest BCUT2D eigenvalue weighted by atomic mass is 16.5. The summed E-state index contributed by atoms with van der Waals surface area (Å²) in [4.78, 5) is 2.62. The topological polar surface area (TPSA) is 84.0 Å². The Balaban J connectivity index is 1.44. The molecule has 2 fully saturated rings. The number of anilines is 1. The van der Waals surface area contributed by atoms with E-state index in [0.29, 0.717) is 62.3 Å². The van der Waals surface area contributed by atoms with Crippen LogP contribution in [0.1, 0.15) is 45.6 Å². The summed E-state index contributed by atoms with van der Waals surface area (Å²) in [6.45, 7) is 8.51. The number of hydrogen-bond acceptors (Lipinski definition) is 7. The molecular formula is C20H36N4O4. The third-order valence-electron chi connectivity index (χ3n) is 5.63. The number of hydrogen-bond donors (Lipinski definition) is 1. The molecular weight excluding hydrogens is 360 g/mol. The maximum atomic E-state index is 6.09. The van der Waals surface area contributed by atoms with Gasteiger partial charge in [0.2, 0.25) is 0 Å². The zero-order valence-corrected chi connectivity index (χ0v) is 17.5. The van der Waals surface area contributed by atoms with E-state index in [1.54, 1.807) is 7.11 Å². The van der Waals surface area contributed by atoms with Crippen molar-refractivity contribution in [3.63, 3.8) is 0 Å². The van der Waals surface area contributed by atoms with Gasteiger partial charge in [-0.15, -0.1) is 5.10 Å². The van der Waals surface area contributed by atoms with Crippen molar-refractivity contribution in [3.8, 4) is 5.88 Å². The van der Waals surface area contributed by atoms with Crippen LogP contribution >= 0.6 is 0 Å². The molecule has 0 unspecified atom stereocenters. The molecule has 2 aliphatic rings. The van der Waals surface area contributed by atoms with Crippen molar-refractivity contribution in [2.24, 2.45) is 0 Å². The van der Waals surface area contributed by atoms with Crippen LogP contribution in [0.5, 0.6) is 5.88 Å². The van der Waals surface area contributed by atoms with Crippen LogP contribution in [0.3, 0.4) is 0 Å². The van der Waals surface area contributed by atoms with Crippen molar-refractivity contribution in [1.29, 1.82) is 0 Å². The molecule has 0 amide bonds. The zero-order chi connectivity index (χ0) is 19.9. The van der Waals surface area contributed by atoms with Crippen molar-refractivity contribution in [3.05, 3.63) is 6.20 Å². The minimum atomic E-state index is 0.325. The van der Waals surface area contributed by atoms with Gasteiger partial charge in [-0.1, -0.05) is 0 Å². The molecule has 1 aromatic heterocycles. The van der Waals surface area contributed by atoms with E-state index < -0.39 is 0 Å². The van der Waals surface area contributed by atoms with Gasteiger partial charge in [0, 0.05) is 26.2 Å². The second-order valence-corrected chi connectivity index (χ2v) is 8.00. The minimum Gasteiger partial charge on any atom is -0.473 e. The molecule has 1 aliphatic carbocycles. The Hall–Kier alpha value is -1.35. The lowest BCUT2D eigenvalue weighted by molar-refractivity contribution is -0.0852. The highest BCUT2D eigenvalue weighted by Crippen LogP contribution is 2.33. The number of rotatable bonds is 9. The van der Waals surface area contributed by atoms with Gasteiger partial charge >= 0.3 is 0 Å². The summed E-state index contributed by atoms with van der Waals surface area (Å²) in [6.07, 6.45) is 7.17. The van der Waals surface area contributed by atoms with Gasteiger partial charge in [-0.05, 0) is 39.5 Å². The summed E-state index contributed by atoms with van der Waals surface area (Å²) >= 11 is 0. The van der Waals surface area contributed by atoms with Crippen LogP contribution in [0.4, 0.5) is 5.69 Å². The molecule has 160 valence electrons. The van der Waals surface area contributed by atoms with E-state index in [1.165, 1.54) is 12.8 Å². The van der Waals surface area contributed by atoms with Gasteiger partial charge in [0.05, 0.1) is 44.3 Å². The van der Waals surface area contributed by atoms with Crippen LogP contribution in [-0.2, 0) is 14.2 Å². The Morgan fingerprint density at radius 1 is 1.04 bits per heavy atom. The third kappa shape index (κ3) is 5.83. The summed E-state index contributed by atoms with van der Waals surface area (Å²) in [6, 6.07) is 1.04. The zero-order valence-electron chi connectivity index (χ0n) is 17.5. The molecule has 2 heterocycles. The molecule has 2 N–H and O–H groups in total. The lowest BCUT2D eigenvalue weighted by Gasteiger charge is -2.42. The first-order chi connectivity index (χ1) is 13.6. The Labute approximate surface area is 168 Å². The van der Waals surface area contributed by atoms with E-state index in [9.17, 15) is 0 Å². The fourth-order valence-corrected chi connectivity index (χ4v) is 4.33. The Bertz CT molecular complexity index is 579. The van der Waals surface area contributed by atoms with Gasteiger partial charge in [0.15, 0.2) is 0 Å². The van der Waals surface area contributed by atoms with E-state index in [-0.39, 0.29) is 0 Å². The second kappa shape index (κ2) is 10.4. The van der Waals surface area contributed by atoms with E-state index in [2.05, 4.69) is 23.8 Å². The molecule has 1 saturated carbocycles. The quantitative estimate of drug-likeness (QED) is 0.640. The monoisotopic (exact) mass is 396 g/mol. The van der Waals surface area contributed by atoms with Crippen molar-refractivity contribution < 1.29 is 18.9 Å². The van der Waals surface area contributed by atoms with Crippen LogP contribution in [0.25, 0.3) is 0 Å². The number of nitrogens with zero attached hydrogens (tertiary/aromatic N) is 3. The standard InChI is InChI=1S/C20H36N4O4/c1-15-12-23(13-16(2)28-15)17-4-6-18(7-5-17)24-14-19(21)20(22-24)27-11-10-26-9-8-25-3/h14-18H,4-13,21H2,1-3H3/t15-,16+,17?,18?. The van der Waals surface area contributed by atoms with Gasteiger partial charge < -0.3 is 24.7 Å². The van der Waals surface area contributed by atoms with Crippen LogP contribution in [-0.4, -0.2) is 79.6 Å². The molecule has 28 heavy (non-hydrogen) atoms. The van der Waals surface area contributed by atoms with E-state index in [4.69, 9.17) is 24.7 Å². The van der Waals surface area contributed by atoms with Gasteiger partial charge in [-0.25, -0.2) is 0 Å². The van der Waals surface area contributed by atoms with E-state index in [0.717, 1.165) is 25.9 Å². The highest BCUT2D eigenvalue weighted by Gasteiger charge is 2.31. The molecule has 0 radical (unpaired) electrons. The van der Waals surface area contributed by atoms with Crippen LogP contribution < -0.4 is 10.5 Å². The normalized spacial score (nSPS) is 29.1. The summed E-state index contributed by atoms with van der Waals surface area (Å²) in [5.41, 5.74) is 6.69. The predicted molar refractivity (Wildman–Crippen MR) is 108 cm³/mol.